The summed E-state index contributed by atoms with van der Waals surface area (Å²) in [4.78, 5) is 23.1. The Kier molecular flexibility index (Phi) is 7.26. The number of imidazole rings is 1. The van der Waals surface area contributed by atoms with E-state index in [9.17, 15) is 4.79 Å². The molecule has 0 radical (unpaired) electrons. The first-order valence-corrected chi connectivity index (χ1v) is 12.3. The third-order valence-corrected chi connectivity index (χ3v) is 6.55. The number of piperidine rings is 1. The number of hydrogen-bond donors (Lipinski definition) is 1. The molecular formula is C26H37N5O3. The third-order valence-electron chi connectivity index (χ3n) is 6.55. The van der Waals surface area contributed by atoms with Crippen LogP contribution in [0.2, 0.25) is 0 Å². The maximum absolute atomic E-state index is 12.3. The lowest BCUT2D eigenvalue weighted by molar-refractivity contribution is 0.0163. The summed E-state index contributed by atoms with van der Waals surface area (Å²) in [6.07, 6.45) is 5.57. The molecule has 1 unspecified atom stereocenters. The molecule has 1 aromatic carbocycles. The van der Waals surface area contributed by atoms with Crippen LogP contribution in [-0.4, -0.2) is 57.4 Å². The molecule has 1 saturated heterocycles. The number of carbonyl (C=O) groups excluding carboxylic acids is 1. The van der Waals surface area contributed by atoms with E-state index in [-0.39, 0.29) is 12.1 Å². The minimum absolute atomic E-state index is 0.171. The topological polar surface area (TPSA) is 95.5 Å². The molecule has 0 spiro atoms. The van der Waals surface area contributed by atoms with Gasteiger partial charge in [0, 0.05) is 25.1 Å². The lowest BCUT2D eigenvalue weighted by atomic mass is 9.94. The van der Waals surface area contributed by atoms with Crippen LogP contribution in [0, 0.1) is 5.92 Å². The molecule has 3 aromatic rings. The van der Waals surface area contributed by atoms with Crippen LogP contribution in [0.1, 0.15) is 59.4 Å². The van der Waals surface area contributed by atoms with E-state index in [4.69, 9.17) is 15.2 Å². The van der Waals surface area contributed by atoms with Crippen molar-refractivity contribution in [2.24, 2.45) is 5.92 Å². The number of anilines is 1. The van der Waals surface area contributed by atoms with Gasteiger partial charge in [-0.3, -0.25) is 0 Å². The van der Waals surface area contributed by atoms with E-state index < -0.39 is 5.60 Å². The van der Waals surface area contributed by atoms with Crippen LogP contribution >= 0.6 is 0 Å². The number of hydrogen-bond acceptors (Lipinski definition) is 6. The van der Waals surface area contributed by atoms with Crippen molar-refractivity contribution in [3.05, 3.63) is 30.6 Å². The summed E-state index contributed by atoms with van der Waals surface area (Å²) in [6, 6.07) is 8.21. The molecule has 1 amide bonds. The van der Waals surface area contributed by atoms with Gasteiger partial charge in [-0.15, -0.1) is 0 Å². The van der Waals surface area contributed by atoms with Crippen LogP contribution in [-0.2, 0) is 9.47 Å². The first-order valence-electron chi connectivity index (χ1n) is 12.3. The van der Waals surface area contributed by atoms with Gasteiger partial charge in [-0.2, -0.15) is 0 Å². The Morgan fingerprint density at radius 1 is 1.24 bits per heavy atom. The van der Waals surface area contributed by atoms with Gasteiger partial charge in [0.1, 0.15) is 11.1 Å². The Bertz CT molecular complexity index is 1130. The van der Waals surface area contributed by atoms with Gasteiger partial charge in [0.05, 0.1) is 30.0 Å². The predicted octanol–water partition coefficient (Wildman–Crippen LogP) is 5.17. The third kappa shape index (κ3) is 5.43. The van der Waals surface area contributed by atoms with Gasteiger partial charge >= 0.3 is 6.09 Å². The molecule has 8 heteroatoms. The molecule has 1 fully saturated rings. The maximum Gasteiger partial charge on any atom is 0.410 e. The van der Waals surface area contributed by atoms with E-state index in [1.165, 1.54) is 0 Å². The van der Waals surface area contributed by atoms with Crippen molar-refractivity contribution in [3.8, 4) is 0 Å². The molecule has 4 rings (SSSR count). The van der Waals surface area contributed by atoms with Gasteiger partial charge in [-0.1, -0.05) is 25.1 Å². The summed E-state index contributed by atoms with van der Waals surface area (Å²) < 4.78 is 13.8. The average molecular weight is 468 g/mol. The number of fused-ring (bicyclic) bond motifs is 3. The van der Waals surface area contributed by atoms with E-state index >= 15 is 0 Å². The highest BCUT2D eigenvalue weighted by atomic mass is 16.6. The zero-order valence-electron chi connectivity index (χ0n) is 20.8. The molecule has 8 nitrogen and oxygen atoms in total. The predicted molar refractivity (Wildman–Crippen MR) is 135 cm³/mol. The van der Waals surface area contributed by atoms with Gasteiger partial charge in [-0.25, -0.2) is 14.8 Å². The van der Waals surface area contributed by atoms with Crippen LogP contribution in [0.4, 0.5) is 10.6 Å². The van der Waals surface area contributed by atoms with Crippen molar-refractivity contribution in [3.63, 3.8) is 0 Å². The molecule has 0 bridgehead atoms. The number of nitrogens with zero attached hydrogens (tertiary/aromatic N) is 4. The van der Waals surface area contributed by atoms with Crippen molar-refractivity contribution >= 4 is 33.8 Å². The largest absolute Gasteiger partial charge is 0.444 e. The number of para-hydroxylation sites is 1. The number of ether oxygens (including phenoxy) is 2. The number of amides is 1. The Morgan fingerprint density at radius 3 is 2.68 bits per heavy atom. The van der Waals surface area contributed by atoms with E-state index in [0.29, 0.717) is 24.9 Å². The van der Waals surface area contributed by atoms with Crippen LogP contribution in [0.5, 0.6) is 0 Å². The van der Waals surface area contributed by atoms with Gasteiger partial charge in [0.25, 0.3) is 0 Å². The highest BCUT2D eigenvalue weighted by Gasteiger charge is 2.27. The number of rotatable bonds is 7. The first-order chi connectivity index (χ1) is 16.3. The van der Waals surface area contributed by atoms with Crippen LogP contribution in [0.15, 0.2) is 30.6 Å². The fourth-order valence-corrected chi connectivity index (χ4v) is 4.64. The lowest BCUT2D eigenvalue weighted by Crippen LogP contribution is -2.41. The maximum atomic E-state index is 12.3. The number of nitrogens with two attached hydrogens (primary N) is 1. The molecule has 0 aliphatic carbocycles. The van der Waals surface area contributed by atoms with E-state index in [2.05, 4.69) is 27.5 Å². The first kappa shape index (κ1) is 24.3. The van der Waals surface area contributed by atoms with Gasteiger partial charge in [0.2, 0.25) is 0 Å². The molecule has 2 N–H and O–H groups in total. The molecule has 2 aromatic heterocycles. The minimum Gasteiger partial charge on any atom is -0.444 e. The highest BCUT2D eigenvalue weighted by Crippen LogP contribution is 2.30. The van der Waals surface area contributed by atoms with Crippen molar-refractivity contribution < 1.29 is 14.3 Å². The normalized spacial score (nSPS) is 16.3. The molecule has 3 heterocycles. The second-order valence-corrected chi connectivity index (χ2v) is 10.2. The number of benzene rings is 1. The fraction of sp³-hybridized carbons (Fsp3) is 0.577. The van der Waals surface area contributed by atoms with Crippen molar-refractivity contribution in [2.75, 3.05) is 32.0 Å². The smallest absolute Gasteiger partial charge is 0.410 e. The molecule has 0 saturated carbocycles. The average Bonchev–Trinajstić information content (AvgIpc) is 3.24. The SMILES string of the molecule is CCC(COCCC1CCN(C(=O)OC(C)(C)C)CC1)n1cnc2c(N)nc3ccccc3c21. The lowest BCUT2D eigenvalue weighted by Gasteiger charge is -2.33. The summed E-state index contributed by atoms with van der Waals surface area (Å²) in [5.74, 6) is 1.03. The second-order valence-electron chi connectivity index (χ2n) is 10.2. The summed E-state index contributed by atoms with van der Waals surface area (Å²) in [5, 5.41) is 1.05. The molecule has 1 aliphatic heterocycles. The Morgan fingerprint density at radius 2 is 1.97 bits per heavy atom. The number of pyridine rings is 1. The number of nitrogen functional groups attached to an aromatic ring is 1. The summed E-state index contributed by atoms with van der Waals surface area (Å²) in [7, 11) is 0. The number of likely N-dealkylation sites (tertiary alicyclic amines) is 1. The summed E-state index contributed by atoms with van der Waals surface area (Å²) in [5.41, 5.74) is 8.38. The number of carbonyl (C=O) groups is 1. The van der Waals surface area contributed by atoms with Crippen LogP contribution < -0.4 is 5.73 Å². The van der Waals surface area contributed by atoms with E-state index in [0.717, 1.165) is 60.7 Å². The van der Waals surface area contributed by atoms with Crippen LogP contribution in [0.25, 0.3) is 21.9 Å². The Labute approximate surface area is 201 Å². The van der Waals surface area contributed by atoms with Gasteiger partial charge in [0.15, 0.2) is 5.82 Å². The van der Waals surface area contributed by atoms with Crippen molar-refractivity contribution in [2.45, 2.75) is 65.0 Å². The fourth-order valence-electron chi connectivity index (χ4n) is 4.64. The van der Waals surface area contributed by atoms with Gasteiger partial charge < -0.3 is 24.7 Å². The molecule has 1 aliphatic rings. The highest BCUT2D eigenvalue weighted by molar-refractivity contribution is 6.06. The zero-order chi connectivity index (χ0) is 24.3. The zero-order valence-corrected chi connectivity index (χ0v) is 20.8. The molecule has 1 atom stereocenters. The second kappa shape index (κ2) is 10.2. The Hall–Kier alpha value is -2.87. The van der Waals surface area contributed by atoms with Crippen molar-refractivity contribution in [1.82, 2.24) is 19.4 Å². The number of aromatic nitrogens is 3. The van der Waals surface area contributed by atoms with E-state index in [1.54, 1.807) is 0 Å². The monoisotopic (exact) mass is 467 g/mol. The van der Waals surface area contributed by atoms with Gasteiger partial charge in [-0.05, 0) is 58.4 Å². The summed E-state index contributed by atoms with van der Waals surface area (Å²) in [6.45, 7) is 10.7. The van der Waals surface area contributed by atoms with Crippen LogP contribution in [0.3, 0.4) is 0 Å². The molecule has 34 heavy (non-hydrogen) atoms. The van der Waals surface area contributed by atoms with E-state index in [1.807, 2.05) is 50.2 Å². The summed E-state index contributed by atoms with van der Waals surface area (Å²) >= 11 is 0. The standard InChI is InChI=1S/C26H37N5O3/c1-5-19(31-17-28-22-23(31)20-8-6-7-9-21(20)29-24(22)27)16-33-15-12-18-10-13-30(14-11-18)25(32)34-26(2,3)4/h6-9,17-19H,5,10-16H2,1-4H3,(H2,27,29). The van der Waals surface area contributed by atoms with Crippen molar-refractivity contribution in [1.29, 1.82) is 0 Å². The quantitative estimate of drug-likeness (QED) is 0.482. The minimum atomic E-state index is -0.452. The molecule has 184 valence electrons. The molecular weight excluding hydrogens is 430 g/mol. The Balaban J connectivity index is 1.31.